The number of aryl methyl sites for hydroxylation is 1. The molecule has 0 aliphatic heterocycles. The molecule has 1 saturated carbocycles. The number of rotatable bonds is 6. The molecule has 0 spiro atoms. The van der Waals surface area contributed by atoms with E-state index >= 15 is 0 Å². The number of hydrogen-bond donors (Lipinski definition) is 1. The van der Waals surface area contributed by atoms with E-state index in [-0.39, 0.29) is 10.8 Å². The van der Waals surface area contributed by atoms with Crippen molar-refractivity contribution in [1.82, 2.24) is 0 Å². The number of carboxylic acids is 1. The zero-order valence-corrected chi connectivity index (χ0v) is 19.4. The minimum absolute atomic E-state index is 0.257. The molecule has 0 aromatic heterocycles. The molecule has 1 fully saturated rings. The Morgan fingerprint density at radius 3 is 2.28 bits per heavy atom. The van der Waals surface area contributed by atoms with Gasteiger partial charge in [0.25, 0.3) is 0 Å². The summed E-state index contributed by atoms with van der Waals surface area (Å²) in [7, 11) is 0. The molecular weight excluding hydrogens is 356 g/mol. The van der Waals surface area contributed by atoms with Gasteiger partial charge in [-0.15, -0.1) is 0 Å². The van der Waals surface area contributed by atoms with Crippen molar-refractivity contribution in [3.05, 3.63) is 57.7 Å². The molecule has 1 N–H and O–H groups in total. The Morgan fingerprint density at radius 2 is 1.72 bits per heavy atom. The van der Waals surface area contributed by atoms with E-state index in [1.165, 1.54) is 24.8 Å². The number of hydrogen-bond acceptors (Lipinski definition) is 1. The van der Waals surface area contributed by atoms with Crippen LogP contribution in [0.1, 0.15) is 102 Å². The van der Waals surface area contributed by atoms with Crippen molar-refractivity contribution in [1.29, 1.82) is 0 Å². The molecular formula is C27H38O2. The maximum absolute atomic E-state index is 11.3. The summed E-state index contributed by atoms with van der Waals surface area (Å²) in [4.78, 5) is 11.3. The SMILES string of the molecule is CCC(C(=O)O)=C(C)C=CCC1CC1c1cc2c(cc1C)C(C)(C)CCC2(C)C. The highest BCUT2D eigenvalue weighted by Gasteiger charge is 2.41. The van der Waals surface area contributed by atoms with Crippen LogP contribution in [0.5, 0.6) is 0 Å². The van der Waals surface area contributed by atoms with E-state index in [1.807, 2.05) is 19.9 Å². The third kappa shape index (κ3) is 4.37. The van der Waals surface area contributed by atoms with Gasteiger partial charge in [-0.2, -0.15) is 0 Å². The van der Waals surface area contributed by atoms with E-state index in [4.69, 9.17) is 0 Å². The van der Waals surface area contributed by atoms with Crippen molar-refractivity contribution in [2.45, 2.75) is 97.3 Å². The molecule has 2 unspecified atom stereocenters. The molecule has 2 atom stereocenters. The van der Waals surface area contributed by atoms with Crippen molar-refractivity contribution < 1.29 is 9.90 Å². The summed E-state index contributed by atoms with van der Waals surface area (Å²) in [5, 5.41) is 9.27. The molecule has 0 bridgehead atoms. The summed E-state index contributed by atoms with van der Waals surface area (Å²) in [5.41, 5.74) is 8.02. The van der Waals surface area contributed by atoms with Crippen molar-refractivity contribution >= 4 is 5.97 Å². The molecule has 1 aromatic rings. The van der Waals surface area contributed by atoms with Crippen molar-refractivity contribution in [3.8, 4) is 0 Å². The standard InChI is InChI=1S/C27H38O2/c1-8-20(25(28)29)17(2)10-9-11-19-15-22(19)21-16-24-23(14-18(21)3)26(4,5)12-13-27(24,6)7/h9-10,14,16,19,22H,8,11-13,15H2,1-7H3,(H,28,29). The van der Waals surface area contributed by atoms with E-state index in [1.54, 1.807) is 16.7 Å². The lowest BCUT2D eigenvalue weighted by Crippen LogP contribution is -2.34. The van der Waals surface area contributed by atoms with Crippen LogP contribution in [0.4, 0.5) is 0 Å². The van der Waals surface area contributed by atoms with Crippen LogP contribution >= 0.6 is 0 Å². The van der Waals surface area contributed by atoms with Gasteiger partial charge in [-0.05, 0) is 96.4 Å². The molecule has 158 valence electrons. The third-order valence-electron chi connectivity index (χ3n) is 7.46. The summed E-state index contributed by atoms with van der Waals surface area (Å²) < 4.78 is 0. The molecule has 2 nitrogen and oxygen atoms in total. The van der Waals surface area contributed by atoms with E-state index in [9.17, 15) is 9.90 Å². The Kier molecular flexibility index (Phi) is 5.87. The second kappa shape index (κ2) is 7.78. The first-order valence-electron chi connectivity index (χ1n) is 11.2. The normalized spacial score (nSPS) is 25.5. The van der Waals surface area contributed by atoms with Crippen molar-refractivity contribution in [3.63, 3.8) is 0 Å². The number of fused-ring (bicyclic) bond motifs is 1. The Bertz CT molecular complexity index is 867. The summed E-state index contributed by atoms with van der Waals surface area (Å²) in [5.74, 6) is 0.541. The second-order valence-corrected chi connectivity index (χ2v) is 10.6. The monoisotopic (exact) mass is 394 g/mol. The van der Waals surface area contributed by atoms with Gasteiger partial charge >= 0.3 is 5.97 Å². The van der Waals surface area contributed by atoms with Gasteiger partial charge in [-0.25, -0.2) is 4.79 Å². The van der Waals surface area contributed by atoms with Crippen molar-refractivity contribution in [2.24, 2.45) is 5.92 Å². The van der Waals surface area contributed by atoms with E-state index in [0.717, 1.165) is 12.0 Å². The van der Waals surface area contributed by atoms with Crippen molar-refractivity contribution in [2.75, 3.05) is 0 Å². The minimum atomic E-state index is -0.797. The van der Waals surface area contributed by atoms with Gasteiger partial charge in [-0.1, -0.05) is 58.9 Å². The van der Waals surface area contributed by atoms with Crippen LogP contribution in [-0.4, -0.2) is 11.1 Å². The number of aliphatic carboxylic acids is 1. The zero-order valence-electron chi connectivity index (χ0n) is 19.4. The van der Waals surface area contributed by atoms with Gasteiger partial charge < -0.3 is 5.11 Å². The number of benzene rings is 1. The molecule has 1 aromatic carbocycles. The summed E-state index contributed by atoms with van der Waals surface area (Å²) >= 11 is 0. The van der Waals surface area contributed by atoms with Crippen LogP contribution in [-0.2, 0) is 15.6 Å². The number of carbonyl (C=O) groups is 1. The van der Waals surface area contributed by atoms with Crippen LogP contribution in [0.15, 0.2) is 35.4 Å². The largest absolute Gasteiger partial charge is 0.478 e. The fraction of sp³-hybridized carbons (Fsp3) is 0.593. The molecule has 29 heavy (non-hydrogen) atoms. The predicted molar refractivity (Wildman–Crippen MR) is 122 cm³/mol. The highest BCUT2D eigenvalue weighted by molar-refractivity contribution is 5.87. The van der Waals surface area contributed by atoms with Gasteiger partial charge in [0.15, 0.2) is 0 Å². The molecule has 2 heteroatoms. The lowest BCUT2D eigenvalue weighted by Gasteiger charge is -2.42. The zero-order chi connectivity index (χ0) is 21.6. The average Bonchev–Trinajstić information content (AvgIpc) is 3.38. The van der Waals surface area contributed by atoms with Gasteiger partial charge in [0.05, 0.1) is 0 Å². The summed E-state index contributed by atoms with van der Waals surface area (Å²) in [6.07, 6.45) is 9.54. The Hall–Kier alpha value is -1.83. The van der Waals surface area contributed by atoms with Crippen LogP contribution in [0.3, 0.4) is 0 Å². The van der Waals surface area contributed by atoms with E-state index in [0.29, 0.717) is 23.8 Å². The summed E-state index contributed by atoms with van der Waals surface area (Å²) in [6, 6.07) is 5.01. The molecule has 0 saturated heterocycles. The second-order valence-electron chi connectivity index (χ2n) is 10.6. The molecule has 0 radical (unpaired) electrons. The number of allylic oxidation sites excluding steroid dienone is 3. The highest BCUT2D eigenvalue weighted by atomic mass is 16.4. The van der Waals surface area contributed by atoms with E-state index < -0.39 is 5.97 Å². The van der Waals surface area contributed by atoms with Crippen LogP contribution < -0.4 is 0 Å². The van der Waals surface area contributed by atoms with Crippen LogP contribution in [0.2, 0.25) is 0 Å². The summed E-state index contributed by atoms with van der Waals surface area (Å²) in [6.45, 7) is 15.7. The van der Waals surface area contributed by atoms with Gasteiger partial charge in [0.1, 0.15) is 0 Å². The highest BCUT2D eigenvalue weighted by Crippen LogP contribution is 2.54. The smallest absolute Gasteiger partial charge is 0.331 e. The third-order valence-corrected chi connectivity index (χ3v) is 7.46. The quantitative estimate of drug-likeness (QED) is 0.409. The average molecular weight is 395 g/mol. The number of carboxylic acid groups (broad SMARTS) is 1. The first-order valence-corrected chi connectivity index (χ1v) is 11.2. The van der Waals surface area contributed by atoms with Gasteiger partial charge in [0.2, 0.25) is 0 Å². The molecule has 0 amide bonds. The molecule has 3 rings (SSSR count). The lowest BCUT2D eigenvalue weighted by atomic mass is 9.62. The van der Waals surface area contributed by atoms with Crippen LogP contribution in [0.25, 0.3) is 0 Å². The van der Waals surface area contributed by atoms with E-state index in [2.05, 4.69) is 52.8 Å². The van der Waals surface area contributed by atoms with Gasteiger partial charge in [-0.3, -0.25) is 0 Å². The predicted octanol–water partition coefficient (Wildman–Crippen LogP) is 7.20. The first kappa shape index (κ1) is 21.9. The maximum Gasteiger partial charge on any atom is 0.331 e. The minimum Gasteiger partial charge on any atom is -0.478 e. The maximum atomic E-state index is 11.3. The topological polar surface area (TPSA) is 37.3 Å². The van der Waals surface area contributed by atoms with Crippen LogP contribution in [0, 0.1) is 12.8 Å². The Labute approximate surface area is 177 Å². The first-order chi connectivity index (χ1) is 13.5. The fourth-order valence-corrected chi connectivity index (χ4v) is 5.15. The molecule has 0 heterocycles. The molecule has 2 aliphatic carbocycles. The van der Waals surface area contributed by atoms with Gasteiger partial charge in [0, 0.05) is 5.57 Å². The fourth-order valence-electron chi connectivity index (χ4n) is 5.15. The lowest BCUT2D eigenvalue weighted by molar-refractivity contribution is -0.132. The Balaban J connectivity index is 1.77. The molecule has 2 aliphatic rings. The Morgan fingerprint density at radius 1 is 1.14 bits per heavy atom.